The minimum atomic E-state index is -0.376. The number of carbonyl (C=O) groups is 3. The van der Waals surface area contributed by atoms with Crippen LogP contribution in [0.2, 0.25) is 0 Å². The number of amides is 3. The topological polar surface area (TPSA) is 87.3 Å². The monoisotopic (exact) mass is 375 g/mol. The lowest BCUT2D eigenvalue weighted by Gasteiger charge is -2.07. The molecule has 2 rings (SSSR count). The Hall–Kier alpha value is -2.87. The highest BCUT2D eigenvalue weighted by atomic mass is 32.2. The van der Waals surface area contributed by atoms with Crippen molar-refractivity contribution in [3.8, 4) is 0 Å². The molecule has 0 saturated heterocycles. The Kier molecular flexibility index (Phi) is 7.16. The third-order valence-corrected chi connectivity index (χ3v) is 4.02. The number of thioether (sulfide) groups is 1. The van der Waals surface area contributed by atoms with Gasteiger partial charge in [0.25, 0.3) is 0 Å². The molecule has 0 saturated carbocycles. The van der Waals surface area contributed by atoms with Gasteiger partial charge in [0, 0.05) is 24.0 Å². The van der Waals surface area contributed by atoms with Crippen LogP contribution in [0.4, 0.5) is 21.5 Å². The SMILES string of the molecule is CC(=O)Nc1ccc(NC(=O)CSCC(=O)Nc2ccc(F)cc2)cc1. The standard InChI is InChI=1S/C18H18FN3O3S/c1-12(23)20-14-6-8-16(9-7-14)22-18(25)11-26-10-17(24)21-15-4-2-13(19)3-5-15/h2-9H,10-11H2,1H3,(H,20,23)(H,21,24)(H,22,25). The van der Waals surface area contributed by atoms with Crippen LogP contribution in [0, 0.1) is 5.82 Å². The lowest BCUT2D eigenvalue weighted by Crippen LogP contribution is -2.18. The molecule has 2 aromatic carbocycles. The number of nitrogens with one attached hydrogen (secondary N) is 3. The first-order valence-electron chi connectivity index (χ1n) is 7.73. The van der Waals surface area contributed by atoms with Gasteiger partial charge in [0.15, 0.2) is 0 Å². The van der Waals surface area contributed by atoms with Crippen LogP contribution in [0.1, 0.15) is 6.92 Å². The van der Waals surface area contributed by atoms with Crippen molar-refractivity contribution in [1.29, 1.82) is 0 Å². The Morgan fingerprint density at radius 2 is 1.15 bits per heavy atom. The van der Waals surface area contributed by atoms with Gasteiger partial charge in [-0.3, -0.25) is 14.4 Å². The van der Waals surface area contributed by atoms with E-state index in [9.17, 15) is 18.8 Å². The van der Waals surface area contributed by atoms with E-state index >= 15 is 0 Å². The first-order valence-corrected chi connectivity index (χ1v) is 8.88. The average molecular weight is 375 g/mol. The van der Waals surface area contributed by atoms with Crippen LogP contribution in [0.3, 0.4) is 0 Å². The first-order chi connectivity index (χ1) is 12.4. The summed E-state index contributed by atoms with van der Waals surface area (Å²) in [4.78, 5) is 34.6. The largest absolute Gasteiger partial charge is 0.326 e. The Balaban J connectivity index is 1.70. The summed E-state index contributed by atoms with van der Waals surface area (Å²) in [5.74, 6) is -0.835. The lowest BCUT2D eigenvalue weighted by molar-refractivity contribution is -0.115. The highest BCUT2D eigenvalue weighted by Crippen LogP contribution is 2.14. The van der Waals surface area contributed by atoms with E-state index < -0.39 is 0 Å². The fourth-order valence-electron chi connectivity index (χ4n) is 2.00. The van der Waals surface area contributed by atoms with Crippen LogP contribution in [-0.4, -0.2) is 29.2 Å². The van der Waals surface area contributed by atoms with Gasteiger partial charge in [-0.25, -0.2) is 4.39 Å². The number of hydrogen-bond acceptors (Lipinski definition) is 4. The van der Waals surface area contributed by atoms with Gasteiger partial charge in [0.05, 0.1) is 11.5 Å². The zero-order valence-electron chi connectivity index (χ0n) is 14.0. The molecule has 0 radical (unpaired) electrons. The molecule has 8 heteroatoms. The number of carbonyl (C=O) groups excluding carboxylic acids is 3. The predicted molar refractivity (Wildman–Crippen MR) is 102 cm³/mol. The molecule has 2 aromatic rings. The molecule has 6 nitrogen and oxygen atoms in total. The Labute approximate surface area is 154 Å². The van der Waals surface area contributed by atoms with Crippen LogP contribution in [0.25, 0.3) is 0 Å². The molecule has 3 N–H and O–H groups in total. The molecule has 0 atom stereocenters. The van der Waals surface area contributed by atoms with E-state index in [0.29, 0.717) is 17.1 Å². The molecule has 0 aliphatic heterocycles. The van der Waals surface area contributed by atoms with Gasteiger partial charge in [-0.05, 0) is 48.5 Å². The van der Waals surface area contributed by atoms with Gasteiger partial charge in [0.2, 0.25) is 17.7 Å². The highest BCUT2D eigenvalue weighted by Gasteiger charge is 2.07. The maximum absolute atomic E-state index is 12.8. The Morgan fingerprint density at radius 3 is 1.58 bits per heavy atom. The molecule has 26 heavy (non-hydrogen) atoms. The van der Waals surface area contributed by atoms with Gasteiger partial charge in [0.1, 0.15) is 5.82 Å². The zero-order valence-corrected chi connectivity index (χ0v) is 14.9. The smallest absolute Gasteiger partial charge is 0.234 e. The van der Waals surface area contributed by atoms with Gasteiger partial charge >= 0.3 is 0 Å². The Bertz CT molecular complexity index is 779. The van der Waals surface area contributed by atoms with E-state index in [0.717, 1.165) is 0 Å². The molecule has 0 heterocycles. The third-order valence-electron chi connectivity index (χ3n) is 3.08. The van der Waals surface area contributed by atoms with Crippen LogP contribution in [0.5, 0.6) is 0 Å². The lowest BCUT2D eigenvalue weighted by atomic mass is 10.3. The fraction of sp³-hybridized carbons (Fsp3) is 0.167. The van der Waals surface area contributed by atoms with Crippen molar-refractivity contribution in [2.24, 2.45) is 0 Å². The summed E-state index contributed by atoms with van der Waals surface area (Å²) in [7, 11) is 0. The van der Waals surface area contributed by atoms with Gasteiger partial charge in [-0.15, -0.1) is 11.8 Å². The van der Waals surface area contributed by atoms with Crippen molar-refractivity contribution >= 4 is 46.5 Å². The molecule has 136 valence electrons. The number of anilines is 3. The van der Waals surface area contributed by atoms with Crippen LogP contribution in [-0.2, 0) is 14.4 Å². The minimum absolute atomic E-state index is 0.103. The molecule has 0 bridgehead atoms. The van der Waals surface area contributed by atoms with Gasteiger partial charge in [-0.2, -0.15) is 0 Å². The molecule has 3 amide bonds. The molecular weight excluding hydrogens is 357 g/mol. The maximum atomic E-state index is 12.8. The highest BCUT2D eigenvalue weighted by molar-refractivity contribution is 8.00. The van der Waals surface area contributed by atoms with Crippen LogP contribution in [0.15, 0.2) is 48.5 Å². The molecular formula is C18H18FN3O3S. The summed E-state index contributed by atoms with van der Waals surface area (Å²) in [6.45, 7) is 1.42. The molecule has 0 aliphatic carbocycles. The van der Waals surface area contributed by atoms with Crippen LogP contribution >= 0.6 is 11.8 Å². The third kappa shape index (κ3) is 6.94. The second-order valence-electron chi connectivity index (χ2n) is 5.35. The molecule has 0 unspecified atom stereocenters. The van der Waals surface area contributed by atoms with Crippen molar-refractivity contribution in [3.63, 3.8) is 0 Å². The average Bonchev–Trinajstić information content (AvgIpc) is 2.58. The zero-order chi connectivity index (χ0) is 18.9. The molecule has 0 aromatic heterocycles. The molecule has 0 fully saturated rings. The quantitative estimate of drug-likeness (QED) is 0.694. The maximum Gasteiger partial charge on any atom is 0.234 e. The normalized spacial score (nSPS) is 10.1. The van der Waals surface area contributed by atoms with E-state index in [2.05, 4.69) is 16.0 Å². The van der Waals surface area contributed by atoms with E-state index in [1.54, 1.807) is 24.3 Å². The van der Waals surface area contributed by atoms with Crippen molar-refractivity contribution in [2.75, 3.05) is 27.5 Å². The second kappa shape index (κ2) is 9.57. The number of halogens is 1. The molecule has 0 aliphatic rings. The summed E-state index contributed by atoms with van der Waals surface area (Å²) in [6.07, 6.45) is 0. The summed E-state index contributed by atoms with van der Waals surface area (Å²) >= 11 is 1.17. The summed E-state index contributed by atoms with van der Waals surface area (Å²) in [5, 5.41) is 7.96. The van der Waals surface area contributed by atoms with E-state index in [1.165, 1.54) is 43.0 Å². The van der Waals surface area contributed by atoms with E-state index in [1.807, 2.05) is 0 Å². The van der Waals surface area contributed by atoms with Crippen molar-refractivity contribution in [1.82, 2.24) is 0 Å². The van der Waals surface area contributed by atoms with Gasteiger partial charge in [-0.1, -0.05) is 0 Å². The second-order valence-corrected chi connectivity index (χ2v) is 6.34. The van der Waals surface area contributed by atoms with Gasteiger partial charge < -0.3 is 16.0 Å². The van der Waals surface area contributed by atoms with Crippen molar-refractivity contribution in [3.05, 3.63) is 54.3 Å². The Morgan fingerprint density at radius 1 is 0.769 bits per heavy atom. The van der Waals surface area contributed by atoms with E-state index in [4.69, 9.17) is 0 Å². The summed E-state index contributed by atoms with van der Waals surface area (Å²) in [5.41, 5.74) is 1.74. The van der Waals surface area contributed by atoms with Crippen molar-refractivity contribution < 1.29 is 18.8 Å². The fourth-order valence-corrected chi connectivity index (χ4v) is 2.62. The van der Waals surface area contributed by atoms with E-state index in [-0.39, 0.29) is 35.0 Å². The number of hydrogen-bond donors (Lipinski definition) is 3. The summed E-state index contributed by atoms with van der Waals surface area (Å²) < 4.78 is 12.8. The van der Waals surface area contributed by atoms with Crippen molar-refractivity contribution in [2.45, 2.75) is 6.92 Å². The number of benzene rings is 2. The molecule has 0 spiro atoms. The summed E-state index contributed by atoms with van der Waals surface area (Å²) in [6, 6.07) is 12.2. The minimum Gasteiger partial charge on any atom is -0.326 e. The number of rotatable bonds is 7. The first kappa shape index (κ1) is 19.5. The predicted octanol–water partition coefficient (Wildman–Crippen LogP) is 3.09. The van der Waals surface area contributed by atoms with Crippen LogP contribution < -0.4 is 16.0 Å².